The van der Waals surface area contributed by atoms with E-state index in [9.17, 15) is 4.79 Å². The molecule has 1 aromatic heterocycles. The largest absolute Gasteiger partial charge is 0.493 e. The molecule has 1 fully saturated rings. The minimum Gasteiger partial charge on any atom is -0.493 e. The molecular formula is C23H29N3O3S. The van der Waals surface area contributed by atoms with Gasteiger partial charge >= 0.3 is 0 Å². The highest BCUT2D eigenvalue weighted by Crippen LogP contribution is 2.38. The van der Waals surface area contributed by atoms with E-state index in [1.807, 2.05) is 29.6 Å². The number of benzene rings is 1. The minimum atomic E-state index is -0.142. The van der Waals surface area contributed by atoms with Crippen LogP contribution < -0.4 is 9.47 Å². The van der Waals surface area contributed by atoms with Crippen LogP contribution in [0.3, 0.4) is 0 Å². The van der Waals surface area contributed by atoms with E-state index in [1.165, 1.54) is 6.42 Å². The lowest BCUT2D eigenvalue weighted by atomic mass is 9.99. The highest BCUT2D eigenvalue weighted by Gasteiger charge is 2.35. The van der Waals surface area contributed by atoms with Crippen LogP contribution in [0.2, 0.25) is 0 Å². The Labute approximate surface area is 182 Å². The van der Waals surface area contributed by atoms with E-state index in [0.29, 0.717) is 30.4 Å². The molecule has 1 amide bonds. The predicted octanol–water partition coefficient (Wildman–Crippen LogP) is 4.17. The van der Waals surface area contributed by atoms with Crippen molar-refractivity contribution in [3.8, 4) is 11.5 Å². The van der Waals surface area contributed by atoms with E-state index in [-0.39, 0.29) is 11.9 Å². The molecule has 0 saturated carbocycles. The summed E-state index contributed by atoms with van der Waals surface area (Å²) in [6, 6.07) is 9.80. The van der Waals surface area contributed by atoms with Crippen LogP contribution in [0.4, 0.5) is 0 Å². The van der Waals surface area contributed by atoms with Gasteiger partial charge in [-0.05, 0) is 54.4 Å². The normalized spacial score (nSPS) is 22.1. The van der Waals surface area contributed by atoms with Crippen molar-refractivity contribution < 1.29 is 14.3 Å². The molecule has 2 aromatic rings. The van der Waals surface area contributed by atoms with Gasteiger partial charge in [-0.25, -0.2) is 5.01 Å². The molecular weight excluding hydrogens is 398 g/mol. The highest BCUT2D eigenvalue weighted by molar-refractivity contribution is 7.12. The van der Waals surface area contributed by atoms with Gasteiger partial charge in [-0.2, -0.15) is 5.10 Å². The summed E-state index contributed by atoms with van der Waals surface area (Å²) in [6.07, 6.45) is 3.08. The lowest BCUT2D eigenvalue weighted by Crippen LogP contribution is -2.42. The SMILES string of the molecule is COc1ccc(C2CC(c3cccs3)=NN2C(=O)CN2CCCC(C)C2)cc1OC. The molecule has 2 atom stereocenters. The van der Waals surface area contributed by atoms with Crippen molar-refractivity contribution in [3.63, 3.8) is 0 Å². The van der Waals surface area contributed by atoms with Gasteiger partial charge in [-0.15, -0.1) is 11.3 Å². The molecule has 160 valence electrons. The van der Waals surface area contributed by atoms with E-state index in [4.69, 9.17) is 14.6 Å². The second-order valence-corrected chi connectivity index (χ2v) is 9.03. The number of rotatable bonds is 6. The molecule has 0 radical (unpaired) electrons. The van der Waals surface area contributed by atoms with Crippen LogP contribution in [0.5, 0.6) is 11.5 Å². The quantitative estimate of drug-likeness (QED) is 0.694. The molecule has 3 heterocycles. The topological polar surface area (TPSA) is 54.4 Å². The van der Waals surface area contributed by atoms with Crippen LogP contribution in [0.15, 0.2) is 40.8 Å². The first-order chi connectivity index (χ1) is 14.6. The van der Waals surface area contributed by atoms with Crippen molar-refractivity contribution in [1.82, 2.24) is 9.91 Å². The van der Waals surface area contributed by atoms with Crippen molar-refractivity contribution in [3.05, 3.63) is 46.2 Å². The highest BCUT2D eigenvalue weighted by atomic mass is 32.1. The lowest BCUT2D eigenvalue weighted by Gasteiger charge is -2.32. The number of ether oxygens (including phenoxy) is 2. The number of thiophene rings is 1. The summed E-state index contributed by atoms with van der Waals surface area (Å²) in [5.74, 6) is 2.03. The summed E-state index contributed by atoms with van der Waals surface area (Å²) in [4.78, 5) is 16.7. The van der Waals surface area contributed by atoms with Gasteiger partial charge in [-0.3, -0.25) is 9.69 Å². The molecule has 1 aromatic carbocycles. The van der Waals surface area contributed by atoms with E-state index < -0.39 is 0 Å². The molecule has 0 aliphatic carbocycles. The zero-order valence-corrected chi connectivity index (χ0v) is 18.7. The van der Waals surface area contributed by atoms with Crippen LogP contribution in [0, 0.1) is 5.92 Å². The lowest BCUT2D eigenvalue weighted by molar-refractivity contribution is -0.134. The number of piperidine rings is 1. The van der Waals surface area contributed by atoms with E-state index in [2.05, 4.69) is 17.9 Å². The second kappa shape index (κ2) is 9.18. The van der Waals surface area contributed by atoms with Crippen LogP contribution in [-0.2, 0) is 4.79 Å². The molecule has 0 spiro atoms. The van der Waals surface area contributed by atoms with Crippen molar-refractivity contribution in [2.45, 2.75) is 32.2 Å². The van der Waals surface area contributed by atoms with Crippen molar-refractivity contribution >= 4 is 23.0 Å². The van der Waals surface area contributed by atoms with E-state index in [1.54, 1.807) is 30.6 Å². The molecule has 0 bridgehead atoms. The Balaban J connectivity index is 1.60. The average molecular weight is 428 g/mol. The van der Waals surface area contributed by atoms with Gasteiger partial charge in [0, 0.05) is 13.0 Å². The van der Waals surface area contributed by atoms with Crippen molar-refractivity contribution in [2.75, 3.05) is 33.9 Å². The summed E-state index contributed by atoms with van der Waals surface area (Å²) in [7, 11) is 3.25. The molecule has 6 nitrogen and oxygen atoms in total. The van der Waals surface area contributed by atoms with Crippen molar-refractivity contribution in [1.29, 1.82) is 0 Å². The minimum absolute atomic E-state index is 0.0513. The maximum absolute atomic E-state index is 13.3. The standard InChI is InChI=1S/C23H29N3O3S/c1-16-6-4-10-25(14-16)15-23(27)26-19(13-18(24-26)22-7-5-11-30-22)17-8-9-20(28-2)21(12-17)29-3/h5,7-9,11-12,16,19H,4,6,10,13-15H2,1-3H3. The number of hydrogen-bond donors (Lipinski definition) is 0. The van der Waals surface area contributed by atoms with Gasteiger partial charge < -0.3 is 9.47 Å². The maximum atomic E-state index is 13.3. The van der Waals surface area contributed by atoms with Crippen LogP contribution in [-0.4, -0.2) is 55.4 Å². The number of likely N-dealkylation sites (tertiary alicyclic amines) is 1. The fourth-order valence-electron chi connectivity index (χ4n) is 4.35. The predicted molar refractivity (Wildman–Crippen MR) is 119 cm³/mol. The number of hydrogen-bond acceptors (Lipinski definition) is 6. The molecule has 0 N–H and O–H groups in total. The molecule has 4 rings (SSSR count). The zero-order valence-electron chi connectivity index (χ0n) is 17.8. The molecule has 7 heteroatoms. The third-order valence-corrected chi connectivity index (χ3v) is 6.78. The number of carbonyl (C=O) groups excluding carboxylic acids is 1. The van der Waals surface area contributed by atoms with Gasteiger partial charge in [0.25, 0.3) is 5.91 Å². The monoisotopic (exact) mass is 427 g/mol. The Hall–Kier alpha value is -2.38. The van der Waals surface area contributed by atoms with Crippen LogP contribution >= 0.6 is 11.3 Å². The first-order valence-corrected chi connectivity index (χ1v) is 11.3. The number of hydrazone groups is 1. The summed E-state index contributed by atoms with van der Waals surface area (Å²) >= 11 is 1.66. The number of carbonyl (C=O) groups is 1. The van der Waals surface area contributed by atoms with Gasteiger partial charge in [0.05, 0.1) is 37.4 Å². The van der Waals surface area contributed by atoms with Crippen molar-refractivity contribution in [2.24, 2.45) is 11.0 Å². The molecule has 2 aliphatic rings. The van der Waals surface area contributed by atoms with Gasteiger partial charge in [0.15, 0.2) is 11.5 Å². The Morgan fingerprint density at radius 2 is 2.07 bits per heavy atom. The van der Waals surface area contributed by atoms with Crippen LogP contribution in [0.1, 0.15) is 42.7 Å². The van der Waals surface area contributed by atoms with E-state index >= 15 is 0 Å². The number of nitrogens with zero attached hydrogens (tertiary/aromatic N) is 3. The van der Waals surface area contributed by atoms with Gasteiger partial charge in [0.2, 0.25) is 0 Å². The summed E-state index contributed by atoms with van der Waals surface area (Å²) in [5.41, 5.74) is 1.97. The third-order valence-electron chi connectivity index (χ3n) is 5.86. The smallest absolute Gasteiger partial charge is 0.257 e. The first-order valence-electron chi connectivity index (χ1n) is 10.5. The second-order valence-electron chi connectivity index (χ2n) is 8.08. The van der Waals surface area contributed by atoms with Crippen LogP contribution in [0.25, 0.3) is 0 Å². The summed E-state index contributed by atoms with van der Waals surface area (Å²) in [6.45, 7) is 4.62. The summed E-state index contributed by atoms with van der Waals surface area (Å²) < 4.78 is 10.9. The Morgan fingerprint density at radius 3 is 2.77 bits per heavy atom. The van der Waals surface area contributed by atoms with Gasteiger partial charge in [0.1, 0.15) is 0 Å². The third kappa shape index (κ3) is 4.37. The average Bonchev–Trinajstić information content (AvgIpc) is 3.43. The number of methoxy groups -OCH3 is 2. The first kappa shape index (κ1) is 20.9. The molecule has 1 saturated heterocycles. The summed E-state index contributed by atoms with van der Waals surface area (Å²) in [5, 5.41) is 8.52. The maximum Gasteiger partial charge on any atom is 0.257 e. The zero-order chi connectivity index (χ0) is 21.1. The Kier molecular flexibility index (Phi) is 6.39. The molecule has 2 unspecified atom stereocenters. The fraction of sp³-hybridized carbons (Fsp3) is 0.478. The Bertz CT molecular complexity index is 912. The molecule has 30 heavy (non-hydrogen) atoms. The Morgan fingerprint density at radius 1 is 1.23 bits per heavy atom. The van der Waals surface area contributed by atoms with E-state index in [0.717, 1.165) is 35.7 Å². The number of amides is 1. The van der Waals surface area contributed by atoms with Gasteiger partial charge in [-0.1, -0.05) is 19.1 Å². The molecule has 2 aliphatic heterocycles. The fourth-order valence-corrected chi connectivity index (χ4v) is 5.07.